The van der Waals surface area contributed by atoms with Crippen LogP contribution in [0.1, 0.15) is 89.2 Å². The van der Waals surface area contributed by atoms with Gasteiger partial charge in [0.25, 0.3) is 0 Å². The molecule has 1 saturated carbocycles. The molecule has 2 rings (SSSR count). The van der Waals surface area contributed by atoms with Crippen molar-refractivity contribution in [3.8, 4) is 5.75 Å². The van der Waals surface area contributed by atoms with E-state index >= 15 is 0 Å². The van der Waals surface area contributed by atoms with Crippen molar-refractivity contribution in [3.63, 3.8) is 0 Å². The van der Waals surface area contributed by atoms with Gasteiger partial charge in [0.2, 0.25) is 0 Å². The highest BCUT2D eigenvalue weighted by atomic mass is 16.3. The smallest absolute Gasteiger partial charge is 0.119 e. The molecule has 0 spiro atoms. The molecule has 0 aliphatic heterocycles. The normalized spacial score (nSPS) is 24.4. The van der Waals surface area contributed by atoms with Gasteiger partial charge in [0.1, 0.15) is 5.75 Å². The lowest BCUT2D eigenvalue weighted by atomic mass is 9.73. The number of phenolic OH excluding ortho intramolecular Hbond substituents is 1. The Balaban J connectivity index is 2.13. The van der Waals surface area contributed by atoms with Crippen LogP contribution in [0, 0.1) is 5.92 Å². The molecule has 1 fully saturated rings. The minimum absolute atomic E-state index is 0.0725. The van der Waals surface area contributed by atoms with Crippen molar-refractivity contribution in [1.29, 1.82) is 0 Å². The topological polar surface area (TPSA) is 66.5 Å². The van der Waals surface area contributed by atoms with E-state index in [9.17, 15) is 10.2 Å². The quantitative estimate of drug-likeness (QED) is 0.589. The lowest BCUT2D eigenvalue weighted by molar-refractivity contribution is 0.0950. The Bertz CT molecular complexity index is 541. The minimum Gasteiger partial charge on any atom is -0.508 e. The molecule has 3 nitrogen and oxygen atoms in total. The van der Waals surface area contributed by atoms with Gasteiger partial charge in [-0.3, -0.25) is 0 Å². The third kappa shape index (κ3) is 5.21. The molecule has 0 saturated heterocycles. The summed E-state index contributed by atoms with van der Waals surface area (Å²) in [5, 5.41) is 20.7. The number of phenols is 1. The molecule has 0 amide bonds. The Kier molecular flexibility index (Phi) is 7.33. The zero-order valence-corrected chi connectivity index (χ0v) is 16.3. The van der Waals surface area contributed by atoms with Crippen LogP contribution in [0.2, 0.25) is 0 Å². The Hall–Kier alpha value is -1.06. The Morgan fingerprint density at radius 3 is 2.56 bits per heavy atom. The molecule has 0 heterocycles. The molecule has 3 atom stereocenters. The first-order valence-corrected chi connectivity index (χ1v) is 10.1. The van der Waals surface area contributed by atoms with E-state index in [2.05, 4.69) is 32.9 Å². The van der Waals surface area contributed by atoms with Crippen LogP contribution in [0.15, 0.2) is 18.2 Å². The fraction of sp³-hybridized carbons (Fsp3) is 0.727. The molecule has 0 aromatic heterocycles. The first kappa shape index (κ1) is 20.3. The summed E-state index contributed by atoms with van der Waals surface area (Å²) < 4.78 is 0. The van der Waals surface area contributed by atoms with Crippen molar-refractivity contribution in [2.75, 3.05) is 6.54 Å². The monoisotopic (exact) mass is 347 g/mol. The van der Waals surface area contributed by atoms with E-state index in [1.165, 1.54) is 31.2 Å². The fourth-order valence-corrected chi connectivity index (χ4v) is 4.29. The fourth-order valence-electron chi connectivity index (χ4n) is 4.29. The van der Waals surface area contributed by atoms with Crippen LogP contribution in [0.3, 0.4) is 0 Å². The van der Waals surface area contributed by atoms with Gasteiger partial charge in [-0.2, -0.15) is 0 Å². The first-order valence-electron chi connectivity index (χ1n) is 10.1. The summed E-state index contributed by atoms with van der Waals surface area (Å²) in [5.41, 5.74) is 8.17. The average Bonchev–Trinajstić information content (AvgIpc) is 2.58. The van der Waals surface area contributed by atoms with Gasteiger partial charge in [0, 0.05) is 0 Å². The third-order valence-electron chi connectivity index (χ3n) is 6.14. The third-order valence-corrected chi connectivity index (χ3v) is 6.14. The van der Waals surface area contributed by atoms with E-state index in [-0.39, 0.29) is 17.4 Å². The van der Waals surface area contributed by atoms with Crippen molar-refractivity contribution in [1.82, 2.24) is 0 Å². The average molecular weight is 348 g/mol. The first-order chi connectivity index (χ1) is 11.9. The summed E-state index contributed by atoms with van der Waals surface area (Å²) in [5.74, 6) is 0.884. The predicted octanol–water partition coefficient (Wildman–Crippen LogP) is 4.84. The van der Waals surface area contributed by atoms with Gasteiger partial charge in [0.05, 0.1) is 6.10 Å². The molecule has 25 heavy (non-hydrogen) atoms. The van der Waals surface area contributed by atoms with Gasteiger partial charge >= 0.3 is 0 Å². The SMILES string of the molecule is CCCCCCC(C)(C)c1ccc([C@H]2C[C@H](O)CC[C@@H]2CN)c(O)c1. The van der Waals surface area contributed by atoms with Gasteiger partial charge < -0.3 is 15.9 Å². The van der Waals surface area contributed by atoms with E-state index in [1.807, 2.05) is 6.07 Å². The molecule has 0 unspecified atom stereocenters. The summed E-state index contributed by atoms with van der Waals surface area (Å²) in [6, 6.07) is 6.19. The summed E-state index contributed by atoms with van der Waals surface area (Å²) in [6.45, 7) is 7.38. The molecule has 4 N–H and O–H groups in total. The number of rotatable bonds is 8. The number of unbranched alkanes of at least 4 members (excludes halogenated alkanes) is 3. The number of nitrogens with two attached hydrogens (primary N) is 1. The molecule has 1 aliphatic rings. The molecule has 0 bridgehead atoms. The van der Waals surface area contributed by atoms with Gasteiger partial charge in [-0.15, -0.1) is 0 Å². The summed E-state index contributed by atoms with van der Waals surface area (Å²) in [6.07, 6.45) is 8.39. The van der Waals surface area contributed by atoms with Crippen LogP contribution in [0.4, 0.5) is 0 Å². The van der Waals surface area contributed by atoms with E-state index in [0.717, 1.165) is 24.8 Å². The zero-order valence-electron chi connectivity index (χ0n) is 16.3. The number of benzene rings is 1. The molecular formula is C22H37NO2. The van der Waals surface area contributed by atoms with E-state index in [0.29, 0.717) is 24.6 Å². The van der Waals surface area contributed by atoms with Crippen molar-refractivity contribution in [2.45, 2.75) is 89.6 Å². The molecule has 1 aliphatic carbocycles. The van der Waals surface area contributed by atoms with Crippen LogP contribution in [0.5, 0.6) is 5.75 Å². The van der Waals surface area contributed by atoms with Crippen molar-refractivity contribution < 1.29 is 10.2 Å². The maximum Gasteiger partial charge on any atom is 0.119 e. The minimum atomic E-state index is -0.276. The predicted molar refractivity (Wildman–Crippen MR) is 105 cm³/mol. The number of aliphatic hydroxyl groups is 1. The van der Waals surface area contributed by atoms with E-state index in [1.54, 1.807) is 0 Å². The zero-order chi connectivity index (χ0) is 18.4. The van der Waals surface area contributed by atoms with Gasteiger partial charge in [-0.1, -0.05) is 58.6 Å². The highest BCUT2D eigenvalue weighted by Crippen LogP contribution is 2.42. The van der Waals surface area contributed by atoms with Gasteiger partial charge in [-0.25, -0.2) is 0 Å². The molecular weight excluding hydrogens is 310 g/mol. The number of hydrogen-bond acceptors (Lipinski definition) is 3. The summed E-state index contributed by atoms with van der Waals surface area (Å²) in [7, 11) is 0. The largest absolute Gasteiger partial charge is 0.508 e. The van der Waals surface area contributed by atoms with Crippen LogP contribution in [-0.2, 0) is 5.41 Å². The summed E-state index contributed by atoms with van der Waals surface area (Å²) >= 11 is 0. The van der Waals surface area contributed by atoms with Gasteiger partial charge in [0.15, 0.2) is 0 Å². The van der Waals surface area contributed by atoms with Gasteiger partial charge in [-0.05, 0) is 66.7 Å². The van der Waals surface area contributed by atoms with E-state index < -0.39 is 0 Å². The Morgan fingerprint density at radius 2 is 1.92 bits per heavy atom. The molecule has 3 heteroatoms. The highest BCUT2D eigenvalue weighted by Gasteiger charge is 2.32. The van der Waals surface area contributed by atoms with Crippen LogP contribution in [0.25, 0.3) is 0 Å². The van der Waals surface area contributed by atoms with Crippen LogP contribution in [-0.4, -0.2) is 22.9 Å². The molecule has 0 radical (unpaired) electrons. The second-order valence-corrected chi connectivity index (χ2v) is 8.54. The lowest BCUT2D eigenvalue weighted by Gasteiger charge is -2.34. The Morgan fingerprint density at radius 1 is 1.16 bits per heavy atom. The molecule has 142 valence electrons. The maximum absolute atomic E-state index is 10.7. The molecule has 1 aromatic carbocycles. The second kappa shape index (κ2) is 9.05. The maximum atomic E-state index is 10.7. The molecule has 1 aromatic rings. The summed E-state index contributed by atoms with van der Waals surface area (Å²) in [4.78, 5) is 0. The standard InChI is InChI=1S/C22H37NO2/c1-4-5-6-7-12-22(2,3)17-9-11-19(21(25)13-17)20-14-18(24)10-8-16(20)15-23/h9,11,13,16,18,20,24-25H,4-8,10,12,14-15,23H2,1-3H3/t16-,18-,20+/m1/s1. The number of aromatic hydroxyl groups is 1. The van der Waals surface area contributed by atoms with Crippen molar-refractivity contribution in [3.05, 3.63) is 29.3 Å². The van der Waals surface area contributed by atoms with E-state index in [4.69, 9.17) is 5.73 Å². The highest BCUT2D eigenvalue weighted by molar-refractivity contribution is 5.42. The van der Waals surface area contributed by atoms with Crippen LogP contribution >= 0.6 is 0 Å². The number of aliphatic hydroxyl groups excluding tert-OH is 1. The van der Waals surface area contributed by atoms with Crippen molar-refractivity contribution >= 4 is 0 Å². The Labute approximate surface area is 153 Å². The number of hydrogen-bond donors (Lipinski definition) is 3. The van der Waals surface area contributed by atoms with Crippen LogP contribution < -0.4 is 5.73 Å². The van der Waals surface area contributed by atoms with Crippen molar-refractivity contribution in [2.24, 2.45) is 11.7 Å². The lowest BCUT2D eigenvalue weighted by Crippen LogP contribution is -2.31. The second-order valence-electron chi connectivity index (χ2n) is 8.54.